The summed E-state index contributed by atoms with van der Waals surface area (Å²) in [6.45, 7) is 2.69. The third-order valence-electron chi connectivity index (χ3n) is 5.81. The summed E-state index contributed by atoms with van der Waals surface area (Å²) in [5.74, 6) is -0.160. The molecule has 28 heavy (non-hydrogen) atoms. The van der Waals surface area contributed by atoms with Gasteiger partial charge < -0.3 is 9.80 Å². The number of hydrogen-bond acceptors (Lipinski definition) is 3. The van der Waals surface area contributed by atoms with E-state index in [2.05, 4.69) is 11.0 Å². The lowest BCUT2D eigenvalue weighted by Crippen LogP contribution is -2.48. The van der Waals surface area contributed by atoms with E-state index in [9.17, 15) is 14.0 Å². The van der Waals surface area contributed by atoms with Crippen molar-refractivity contribution in [3.05, 3.63) is 65.0 Å². The van der Waals surface area contributed by atoms with E-state index in [1.54, 1.807) is 12.1 Å². The van der Waals surface area contributed by atoms with Crippen molar-refractivity contribution < 1.29 is 14.0 Å². The van der Waals surface area contributed by atoms with Crippen molar-refractivity contribution in [3.63, 3.8) is 0 Å². The number of carbonyl (C=O) groups excluding carboxylic acids is 2. The maximum Gasteiger partial charge on any atom is 0.223 e. The van der Waals surface area contributed by atoms with Crippen molar-refractivity contribution in [3.8, 4) is 0 Å². The summed E-state index contributed by atoms with van der Waals surface area (Å²) in [6.07, 6.45) is 3.83. The Morgan fingerprint density at radius 2 is 1.57 bits per heavy atom. The van der Waals surface area contributed by atoms with Crippen LogP contribution in [-0.4, -0.2) is 42.8 Å². The van der Waals surface area contributed by atoms with Gasteiger partial charge in [-0.25, -0.2) is 4.39 Å². The lowest BCUT2D eigenvalue weighted by Gasteiger charge is -2.36. The van der Waals surface area contributed by atoms with Gasteiger partial charge in [-0.05, 0) is 60.7 Å². The first-order valence-corrected chi connectivity index (χ1v) is 10.0. The maximum absolute atomic E-state index is 13.1. The van der Waals surface area contributed by atoms with Gasteiger partial charge in [0.05, 0.1) is 0 Å². The number of ketones is 1. The number of fused-ring (bicyclic) bond motifs is 1. The molecular weight excluding hydrogens is 355 g/mol. The van der Waals surface area contributed by atoms with Gasteiger partial charge in [0.25, 0.3) is 0 Å². The van der Waals surface area contributed by atoms with E-state index in [1.165, 1.54) is 23.3 Å². The second-order valence-corrected chi connectivity index (χ2v) is 7.60. The van der Waals surface area contributed by atoms with E-state index in [0.717, 1.165) is 43.6 Å². The van der Waals surface area contributed by atoms with Crippen LogP contribution in [0.1, 0.15) is 40.7 Å². The van der Waals surface area contributed by atoms with Crippen molar-refractivity contribution in [1.29, 1.82) is 0 Å². The Balaban J connectivity index is 1.26. The van der Waals surface area contributed by atoms with Gasteiger partial charge in [-0.15, -0.1) is 0 Å². The molecule has 0 spiro atoms. The second kappa shape index (κ2) is 8.13. The number of carbonyl (C=O) groups is 2. The van der Waals surface area contributed by atoms with Crippen molar-refractivity contribution in [1.82, 2.24) is 4.90 Å². The molecule has 0 radical (unpaired) electrons. The third kappa shape index (κ3) is 4.08. The van der Waals surface area contributed by atoms with Crippen LogP contribution >= 0.6 is 0 Å². The fraction of sp³-hybridized carbons (Fsp3) is 0.391. The monoisotopic (exact) mass is 380 g/mol. The lowest BCUT2D eigenvalue weighted by molar-refractivity contribution is -0.131. The van der Waals surface area contributed by atoms with Crippen LogP contribution in [0.5, 0.6) is 0 Å². The molecule has 4 rings (SSSR count). The molecule has 1 aliphatic carbocycles. The molecule has 0 saturated carbocycles. The smallest absolute Gasteiger partial charge is 0.223 e. The van der Waals surface area contributed by atoms with Crippen LogP contribution in [0.3, 0.4) is 0 Å². The minimum Gasteiger partial charge on any atom is -0.368 e. The maximum atomic E-state index is 13.1. The number of aryl methyl sites for hydroxylation is 2. The molecule has 2 aromatic rings. The van der Waals surface area contributed by atoms with Gasteiger partial charge in [0.2, 0.25) is 5.91 Å². The number of amides is 1. The first kappa shape index (κ1) is 18.7. The second-order valence-electron chi connectivity index (χ2n) is 7.60. The van der Waals surface area contributed by atoms with Crippen LogP contribution in [0.4, 0.5) is 10.1 Å². The summed E-state index contributed by atoms with van der Waals surface area (Å²) in [7, 11) is 0. The molecule has 1 saturated heterocycles. The fourth-order valence-electron chi connectivity index (χ4n) is 4.13. The van der Waals surface area contributed by atoms with Gasteiger partial charge in [0.1, 0.15) is 5.82 Å². The van der Waals surface area contributed by atoms with Crippen LogP contribution in [0.25, 0.3) is 0 Å². The number of benzene rings is 2. The molecule has 1 fully saturated rings. The van der Waals surface area contributed by atoms with Gasteiger partial charge in [0, 0.05) is 50.3 Å². The summed E-state index contributed by atoms with van der Waals surface area (Å²) in [5.41, 5.74) is 4.34. The first-order valence-electron chi connectivity index (χ1n) is 10.0. The van der Waals surface area contributed by atoms with Crippen molar-refractivity contribution in [2.75, 3.05) is 31.1 Å². The van der Waals surface area contributed by atoms with Crippen molar-refractivity contribution in [2.45, 2.75) is 32.1 Å². The molecule has 2 aromatic carbocycles. The molecule has 0 bridgehead atoms. The number of rotatable bonds is 5. The zero-order chi connectivity index (χ0) is 19.5. The summed E-state index contributed by atoms with van der Waals surface area (Å²) in [4.78, 5) is 29.0. The Hall–Kier alpha value is -2.69. The first-order chi connectivity index (χ1) is 13.6. The van der Waals surface area contributed by atoms with Gasteiger partial charge in [0.15, 0.2) is 5.78 Å². The number of anilines is 1. The largest absolute Gasteiger partial charge is 0.368 e. The van der Waals surface area contributed by atoms with E-state index in [1.807, 2.05) is 17.0 Å². The Morgan fingerprint density at radius 1 is 0.857 bits per heavy atom. The van der Waals surface area contributed by atoms with Gasteiger partial charge in [-0.1, -0.05) is 12.1 Å². The predicted octanol–water partition coefficient (Wildman–Crippen LogP) is 3.63. The molecule has 0 atom stereocenters. The highest BCUT2D eigenvalue weighted by Gasteiger charge is 2.22. The van der Waals surface area contributed by atoms with Crippen LogP contribution < -0.4 is 4.90 Å². The van der Waals surface area contributed by atoms with Gasteiger partial charge >= 0.3 is 0 Å². The topological polar surface area (TPSA) is 40.6 Å². The van der Waals surface area contributed by atoms with E-state index < -0.39 is 0 Å². The van der Waals surface area contributed by atoms with Crippen LogP contribution in [0, 0.1) is 5.82 Å². The zero-order valence-corrected chi connectivity index (χ0v) is 16.0. The standard InChI is InChI=1S/C23H25FN2O2/c24-20-6-8-21(9-7-20)25-12-14-26(15-13-25)23(28)11-10-22(27)19-5-4-17-2-1-3-18(17)16-19/h4-9,16H,1-3,10-15H2. The normalized spacial score (nSPS) is 16.2. The van der Waals surface area contributed by atoms with E-state index in [0.29, 0.717) is 13.1 Å². The summed E-state index contributed by atoms with van der Waals surface area (Å²) < 4.78 is 13.1. The Labute approximate surface area is 164 Å². The molecule has 1 heterocycles. The number of nitrogens with zero attached hydrogens (tertiary/aromatic N) is 2. The highest BCUT2D eigenvalue weighted by molar-refractivity contribution is 5.98. The van der Waals surface area contributed by atoms with Gasteiger partial charge in [-0.3, -0.25) is 9.59 Å². The summed E-state index contributed by atoms with van der Waals surface area (Å²) >= 11 is 0. The molecule has 0 unspecified atom stereocenters. The molecule has 1 aliphatic heterocycles. The number of Topliss-reactive ketones (excluding diaryl/α,β-unsaturated/α-hetero) is 1. The lowest BCUT2D eigenvalue weighted by atomic mass is 10.0. The minimum atomic E-state index is -0.245. The average Bonchev–Trinajstić information content (AvgIpc) is 3.20. The molecule has 0 aromatic heterocycles. The SMILES string of the molecule is O=C(CCC(=O)N1CCN(c2ccc(F)cc2)CC1)c1ccc2c(c1)CCC2. The fourth-order valence-corrected chi connectivity index (χ4v) is 4.13. The van der Waals surface area contributed by atoms with Crippen LogP contribution in [0.15, 0.2) is 42.5 Å². The van der Waals surface area contributed by atoms with E-state index in [4.69, 9.17) is 0 Å². The molecule has 1 amide bonds. The predicted molar refractivity (Wildman–Crippen MR) is 107 cm³/mol. The summed E-state index contributed by atoms with van der Waals surface area (Å²) in [6, 6.07) is 12.4. The van der Waals surface area contributed by atoms with Crippen LogP contribution in [0.2, 0.25) is 0 Å². The number of hydrogen-bond donors (Lipinski definition) is 0. The zero-order valence-electron chi connectivity index (χ0n) is 16.0. The highest BCUT2D eigenvalue weighted by Crippen LogP contribution is 2.24. The Bertz CT molecular complexity index is 871. The van der Waals surface area contributed by atoms with Gasteiger partial charge in [-0.2, -0.15) is 0 Å². The Morgan fingerprint density at radius 3 is 2.32 bits per heavy atom. The molecule has 0 N–H and O–H groups in total. The number of halogens is 1. The van der Waals surface area contributed by atoms with Crippen LogP contribution in [-0.2, 0) is 17.6 Å². The molecule has 2 aliphatic rings. The van der Waals surface area contributed by atoms with E-state index >= 15 is 0 Å². The average molecular weight is 380 g/mol. The number of piperazine rings is 1. The molecule has 4 nitrogen and oxygen atoms in total. The quantitative estimate of drug-likeness (QED) is 0.744. The minimum absolute atomic E-state index is 0.0354. The van der Waals surface area contributed by atoms with E-state index in [-0.39, 0.29) is 30.3 Å². The molecular formula is C23H25FN2O2. The highest BCUT2D eigenvalue weighted by atomic mass is 19.1. The summed E-state index contributed by atoms with van der Waals surface area (Å²) in [5, 5.41) is 0. The Kier molecular flexibility index (Phi) is 5.42. The molecule has 146 valence electrons. The van der Waals surface area contributed by atoms with Crippen molar-refractivity contribution in [2.24, 2.45) is 0 Å². The third-order valence-corrected chi connectivity index (χ3v) is 5.81. The van der Waals surface area contributed by atoms with Crippen molar-refractivity contribution >= 4 is 17.4 Å². The molecule has 5 heteroatoms.